The zero-order chi connectivity index (χ0) is 21.5. The molecule has 0 fully saturated rings. The second-order valence-electron chi connectivity index (χ2n) is 8.23. The van der Waals surface area contributed by atoms with E-state index in [9.17, 15) is 0 Å². The molecule has 3 heteroatoms. The van der Waals surface area contributed by atoms with Crippen LogP contribution in [0.1, 0.15) is 92.9 Å². The molecule has 0 radical (unpaired) electrons. The SMILES string of the molecule is CCCCC(CC)CN(CC(CC)CCCC)c1cc(OCC)ccc1OCC. The van der Waals surface area contributed by atoms with Gasteiger partial charge in [-0.15, -0.1) is 0 Å². The first-order valence-corrected chi connectivity index (χ1v) is 12.3. The zero-order valence-electron chi connectivity index (χ0n) is 20.1. The molecule has 0 aliphatic rings. The maximum absolute atomic E-state index is 6.05. The summed E-state index contributed by atoms with van der Waals surface area (Å²) < 4.78 is 11.9. The Hall–Kier alpha value is -1.38. The molecule has 0 spiro atoms. The molecule has 0 amide bonds. The summed E-state index contributed by atoms with van der Waals surface area (Å²) in [6, 6.07) is 6.34. The lowest BCUT2D eigenvalue weighted by molar-refractivity contribution is 0.328. The number of nitrogens with zero attached hydrogens (tertiary/aromatic N) is 1. The van der Waals surface area contributed by atoms with Gasteiger partial charge in [0.25, 0.3) is 0 Å². The first kappa shape index (κ1) is 25.7. The lowest BCUT2D eigenvalue weighted by Crippen LogP contribution is -2.34. The van der Waals surface area contributed by atoms with Gasteiger partial charge in [0, 0.05) is 19.2 Å². The molecule has 0 heterocycles. The van der Waals surface area contributed by atoms with Crippen LogP contribution in [0, 0.1) is 11.8 Å². The smallest absolute Gasteiger partial charge is 0.142 e. The molecule has 168 valence electrons. The maximum atomic E-state index is 6.05. The average molecular weight is 406 g/mol. The first-order chi connectivity index (χ1) is 14.1. The monoisotopic (exact) mass is 405 g/mol. The Morgan fingerprint density at radius 3 is 1.76 bits per heavy atom. The van der Waals surface area contributed by atoms with Crippen molar-refractivity contribution in [1.29, 1.82) is 0 Å². The number of hydrogen-bond acceptors (Lipinski definition) is 3. The summed E-state index contributed by atoms with van der Waals surface area (Å²) in [7, 11) is 0. The third kappa shape index (κ3) is 9.31. The summed E-state index contributed by atoms with van der Waals surface area (Å²) in [4.78, 5) is 2.61. The van der Waals surface area contributed by atoms with Gasteiger partial charge < -0.3 is 14.4 Å². The van der Waals surface area contributed by atoms with Crippen LogP contribution in [0.25, 0.3) is 0 Å². The zero-order valence-corrected chi connectivity index (χ0v) is 20.1. The molecule has 0 saturated carbocycles. The molecule has 1 rings (SSSR count). The van der Waals surface area contributed by atoms with Crippen molar-refractivity contribution in [2.75, 3.05) is 31.2 Å². The van der Waals surface area contributed by atoms with Crippen molar-refractivity contribution in [2.24, 2.45) is 11.8 Å². The molecule has 0 aromatic heterocycles. The minimum absolute atomic E-state index is 0.689. The molecule has 2 atom stereocenters. The van der Waals surface area contributed by atoms with Crippen LogP contribution in [0.3, 0.4) is 0 Å². The topological polar surface area (TPSA) is 21.7 Å². The fraction of sp³-hybridized carbons (Fsp3) is 0.769. The van der Waals surface area contributed by atoms with E-state index in [1.54, 1.807) is 0 Å². The van der Waals surface area contributed by atoms with Crippen LogP contribution < -0.4 is 14.4 Å². The minimum Gasteiger partial charge on any atom is -0.494 e. The summed E-state index contributed by atoms with van der Waals surface area (Å²) >= 11 is 0. The van der Waals surface area contributed by atoms with Crippen LogP contribution >= 0.6 is 0 Å². The van der Waals surface area contributed by atoms with E-state index in [-0.39, 0.29) is 0 Å². The van der Waals surface area contributed by atoms with Crippen LogP contribution in [0.4, 0.5) is 5.69 Å². The Labute approximate surface area is 181 Å². The highest BCUT2D eigenvalue weighted by atomic mass is 16.5. The molecule has 29 heavy (non-hydrogen) atoms. The van der Waals surface area contributed by atoms with E-state index in [2.05, 4.69) is 51.7 Å². The number of unbranched alkanes of at least 4 members (excludes halogenated alkanes) is 2. The fourth-order valence-corrected chi connectivity index (χ4v) is 4.01. The Kier molecular flexibility index (Phi) is 13.7. The molecular weight excluding hydrogens is 358 g/mol. The summed E-state index contributed by atoms with van der Waals surface area (Å²) in [5.74, 6) is 3.39. The van der Waals surface area contributed by atoms with Gasteiger partial charge >= 0.3 is 0 Å². The molecule has 0 N–H and O–H groups in total. The molecule has 3 nitrogen and oxygen atoms in total. The van der Waals surface area contributed by atoms with E-state index in [1.807, 2.05) is 13.0 Å². The van der Waals surface area contributed by atoms with Crippen molar-refractivity contribution in [1.82, 2.24) is 0 Å². The van der Waals surface area contributed by atoms with Crippen molar-refractivity contribution in [3.05, 3.63) is 18.2 Å². The normalized spacial score (nSPS) is 13.2. The summed E-state index contributed by atoms with van der Waals surface area (Å²) in [6.07, 6.45) is 10.3. The molecule has 1 aromatic rings. The van der Waals surface area contributed by atoms with Gasteiger partial charge in [-0.25, -0.2) is 0 Å². The van der Waals surface area contributed by atoms with Crippen LogP contribution in [-0.2, 0) is 0 Å². The molecule has 0 saturated heterocycles. The number of benzene rings is 1. The highest BCUT2D eigenvalue weighted by Gasteiger charge is 2.21. The predicted molar refractivity (Wildman–Crippen MR) is 128 cm³/mol. The van der Waals surface area contributed by atoms with Crippen molar-refractivity contribution >= 4 is 5.69 Å². The Bertz CT molecular complexity index is 513. The van der Waals surface area contributed by atoms with Gasteiger partial charge in [-0.3, -0.25) is 0 Å². The van der Waals surface area contributed by atoms with Crippen molar-refractivity contribution in [3.63, 3.8) is 0 Å². The molecule has 0 aliphatic carbocycles. The Balaban J connectivity index is 3.19. The van der Waals surface area contributed by atoms with E-state index >= 15 is 0 Å². The number of ether oxygens (including phenoxy) is 2. The second kappa shape index (κ2) is 15.5. The van der Waals surface area contributed by atoms with Gasteiger partial charge in [0.15, 0.2) is 0 Å². The highest BCUT2D eigenvalue weighted by Crippen LogP contribution is 2.35. The van der Waals surface area contributed by atoms with Gasteiger partial charge in [-0.05, 0) is 50.7 Å². The first-order valence-electron chi connectivity index (χ1n) is 12.3. The number of rotatable bonds is 17. The van der Waals surface area contributed by atoms with Gasteiger partial charge in [-0.1, -0.05) is 66.2 Å². The molecule has 0 aliphatic heterocycles. The van der Waals surface area contributed by atoms with Crippen LogP contribution in [0.15, 0.2) is 18.2 Å². The largest absolute Gasteiger partial charge is 0.494 e. The summed E-state index contributed by atoms with van der Waals surface area (Å²) in [5, 5.41) is 0. The fourth-order valence-electron chi connectivity index (χ4n) is 4.01. The standard InChI is InChI=1S/C26H47NO2/c1-7-13-15-22(9-3)20-27(21-23(10-4)16-14-8-2)25-19-24(28-11-5)17-18-26(25)29-12-6/h17-19,22-23H,7-16,20-21H2,1-6H3. The molecule has 1 aromatic carbocycles. The second-order valence-corrected chi connectivity index (χ2v) is 8.23. The van der Waals surface area contributed by atoms with Gasteiger partial charge in [0.1, 0.15) is 11.5 Å². The van der Waals surface area contributed by atoms with Crippen LogP contribution in [-0.4, -0.2) is 26.3 Å². The Morgan fingerprint density at radius 2 is 1.31 bits per heavy atom. The lowest BCUT2D eigenvalue weighted by atomic mass is 9.95. The summed E-state index contributed by atoms with van der Waals surface area (Å²) in [5.41, 5.74) is 1.21. The maximum Gasteiger partial charge on any atom is 0.142 e. The Morgan fingerprint density at radius 1 is 0.759 bits per heavy atom. The summed E-state index contributed by atoms with van der Waals surface area (Å²) in [6.45, 7) is 17.0. The third-order valence-corrected chi connectivity index (χ3v) is 5.93. The number of hydrogen-bond donors (Lipinski definition) is 0. The number of anilines is 1. The van der Waals surface area contributed by atoms with E-state index < -0.39 is 0 Å². The van der Waals surface area contributed by atoms with Crippen molar-refractivity contribution in [2.45, 2.75) is 92.9 Å². The predicted octanol–water partition coefficient (Wildman–Crippen LogP) is 7.72. The molecule has 2 unspecified atom stereocenters. The van der Waals surface area contributed by atoms with Crippen molar-refractivity contribution < 1.29 is 9.47 Å². The van der Waals surface area contributed by atoms with E-state index in [0.717, 1.165) is 36.4 Å². The van der Waals surface area contributed by atoms with Crippen molar-refractivity contribution in [3.8, 4) is 11.5 Å². The van der Waals surface area contributed by atoms with Gasteiger partial charge in [0.2, 0.25) is 0 Å². The highest BCUT2D eigenvalue weighted by molar-refractivity contribution is 5.62. The molecular formula is C26H47NO2. The molecule has 0 bridgehead atoms. The lowest BCUT2D eigenvalue weighted by Gasteiger charge is -2.33. The van der Waals surface area contributed by atoms with E-state index in [4.69, 9.17) is 9.47 Å². The average Bonchev–Trinajstić information content (AvgIpc) is 2.74. The quantitative estimate of drug-likeness (QED) is 0.265. The van der Waals surface area contributed by atoms with Gasteiger partial charge in [-0.2, -0.15) is 0 Å². The van der Waals surface area contributed by atoms with Crippen LogP contribution in [0.5, 0.6) is 11.5 Å². The van der Waals surface area contributed by atoms with E-state index in [0.29, 0.717) is 13.2 Å². The minimum atomic E-state index is 0.689. The van der Waals surface area contributed by atoms with Crippen LogP contribution in [0.2, 0.25) is 0 Å². The van der Waals surface area contributed by atoms with E-state index in [1.165, 1.54) is 57.1 Å². The third-order valence-electron chi connectivity index (χ3n) is 5.93. The van der Waals surface area contributed by atoms with Gasteiger partial charge in [0.05, 0.1) is 18.9 Å².